The molecule has 4 nitrogen and oxygen atoms in total. The SMILES string of the molecule is O=C(O)c1cc(N2CC3CCC2C3)ccn1. The molecule has 1 saturated heterocycles. The van der Waals surface area contributed by atoms with Gasteiger partial charge in [0.1, 0.15) is 5.69 Å². The lowest BCUT2D eigenvalue weighted by atomic mass is 10.1. The summed E-state index contributed by atoms with van der Waals surface area (Å²) in [4.78, 5) is 17.0. The molecule has 2 aliphatic rings. The number of hydrogen-bond donors (Lipinski definition) is 1. The number of nitrogens with zero attached hydrogens (tertiary/aromatic N) is 2. The van der Waals surface area contributed by atoms with Gasteiger partial charge >= 0.3 is 5.97 Å². The molecule has 16 heavy (non-hydrogen) atoms. The van der Waals surface area contributed by atoms with Gasteiger partial charge in [0.2, 0.25) is 0 Å². The topological polar surface area (TPSA) is 53.4 Å². The van der Waals surface area contributed by atoms with Gasteiger partial charge in [0.05, 0.1) is 0 Å². The van der Waals surface area contributed by atoms with Crippen LogP contribution in [0.4, 0.5) is 5.69 Å². The van der Waals surface area contributed by atoms with Crippen molar-refractivity contribution in [3.8, 4) is 0 Å². The monoisotopic (exact) mass is 218 g/mol. The predicted molar refractivity (Wildman–Crippen MR) is 59.7 cm³/mol. The number of aromatic nitrogens is 1. The second kappa shape index (κ2) is 3.47. The van der Waals surface area contributed by atoms with E-state index in [0.717, 1.165) is 18.2 Å². The number of carboxylic acid groups (broad SMARTS) is 1. The van der Waals surface area contributed by atoms with E-state index in [1.165, 1.54) is 19.3 Å². The average Bonchev–Trinajstić information content (AvgIpc) is 2.91. The molecule has 2 bridgehead atoms. The van der Waals surface area contributed by atoms with E-state index in [1.807, 2.05) is 6.07 Å². The maximum absolute atomic E-state index is 10.8. The van der Waals surface area contributed by atoms with Crippen LogP contribution in [0.3, 0.4) is 0 Å². The molecule has 1 N–H and O–H groups in total. The third-order valence-electron chi connectivity index (χ3n) is 3.70. The van der Waals surface area contributed by atoms with Crippen LogP contribution in [0.2, 0.25) is 0 Å². The first-order valence-electron chi connectivity index (χ1n) is 5.70. The predicted octanol–water partition coefficient (Wildman–Crippen LogP) is 1.77. The van der Waals surface area contributed by atoms with E-state index < -0.39 is 5.97 Å². The van der Waals surface area contributed by atoms with E-state index in [4.69, 9.17) is 5.11 Å². The Balaban J connectivity index is 1.89. The second-order valence-corrected chi connectivity index (χ2v) is 4.69. The summed E-state index contributed by atoms with van der Waals surface area (Å²) in [5.41, 5.74) is 1.15. The van der Waals surface area contributed by atoms with E-state index in [9.17, 15) is 4.79 Å². The number of carboxylic acids is 1. The number of carbonyl (C=O) groups is 1. The lowest BCUT2D eigenvalue weighted by molar-refractivity contribution is 0.0690. The average molecular weight is 218 g/mol. The van der Waals surface area contributed by atoms with Crippen molar-refractivity contribution in [2.24, 2.45) is 5.92 Å². The van der Waals surface area contributed by atoms with Crippen LogP contribution in [0.1, 0.15) is 29.8 Å². The zero-order chi connectivity index (χ0) is 11.1. The molecule has 1 saturated carbocycles. The van der Waals surface area contributed by atoms with Crippen LogP contribution >= 0.6 is 0 Å². The highest BCUT2D eigenvalue weighted by molar-refractivity contribution is 5.86. The molecule has 0 spiro atoms. The molecule has 2 unspecified atom stereocenters. The quantitative estimate of drug-likeness (QED) is 0.822. The maximum Gasteiger partial charge on any atom is 0.354 e. The van der Waals surface area contributed by atoms with E-state index in [2.05, 4.69) is 9.88 Å². The molecule has 84 valence electrons. The van der Waals surface area contributed by atoms with Gasteiger partial charge in [-0.05, 0) is 37.3 Å². The molecule has 0 aromatic carbocycles. The Morgan fingerprint density at radius 1 is 1.50 bits per heavy atom. The highest BCUT2D eigenvalue weighted by Crippen LogP contribution is 2.40. The van der Waals surface area contributed by atoms with E-state index >= 15 is 0 Å². The Bertz CT molecular complexity index is 433. The number of piperidine rings is 1. The first kappa shape index (κ1) is 9.63. The Hall–Kier alpha value is -1.58. The number of fused-ring (bicyclic) bond motifs is 2. The van der Waals surface area contributed by atoms with Crippen LogP contribution in [0.15, 0.2) is 18.3 Å². The summed E-state index contributed by atoms with van der Waals surface area (Å²) in [6.45, 7) is 1.08. The fraction of sp³-hybridized carbons (Fsp3) is 0.500. The van der Waals surface area contributed by atoms with Gasteiger partial charge in [0.15, 0.2) is 0 Å². The Labute approximate surface area is 93.9 Å². The second-order valence-electron chi connectivity index (χ2n) is 4.69. The van der Waals surface area contributed by atoms with Crippen molar-refractivity contribution in [2.45, 2.75) is 25.3 Å². The van der Waals surface area contributed by atoms with Gasteiger partial charge in [-0.25, -0.2) is 9.78 Å². The van der Waals surface area contributed by atoms with Crippen molar-refractivity contribution in [2.75, 3.05) is 11.4 Å². The Kier molecular flexibility index (Phi) is 2.09. The van der Waals surface area contributed by atoms with Crippen LogP contribution in [-0.4, -0.2) is 28.6 Å². The van der Waals surface area contributed by atoms with Crippen molar-refractivity contribution in [1.82, 2.24) is 4.98 Å². The molecule has 1 aromatic heterocycles. The highest BCUT2D eigenvalue weighted by atomic mass is 16.4. The van der Waals surface area contributed by atoms with Crippen LogP contribution in [0.25, 0.3) is 0 Å². The lowest BCUT2D eigenvalue weighted by Gasteiger charge is -2.29. The summed E-state index contributed by atoms with van der Waals surface area (Å²) in [5, 5.41) is 8.90. The third kappa shape index (κ3) is 1.45. The summed E-state index contributed by atoms with van der Waals surface area (Å²) in [5.74, 6) is -0.141. The van der Waals surface area contributed by atoms with Gasteiger partial charge in [-0.2, -0.15) is 0 Å². The minimum atomic E-state index is -0.953. The van der Waals surface area contributed by atoms with Gasteiger partial charge in [-0.1, -0.05) is 0 Å². The molecule has 2 fully saturated rings. The van der Waals surface area contributed by atoms with Crippen molar-refractivity contribution in [3.05, 3.63) is 24.0 Å². The standard InChI is InChI=1S/C12H14N2O2/c15-12(16)11-6-10(3-4-13-11)14-7-8-1-2-9(14)5-8/h3-4,6,8-9H,1-2,5,7H2,(H,15,16). The number of pyridine rings is 1. The fourth-order valence-corrected chi connectivity index (χ4v) is 2.96. The van der Waals surface area contributed by atoms with Crippen molar-refractivity contribution in [3.63, 3.8) is 0 Å². The van der Waals surface area contributed by atoms with Crippen LogP contribution in [0.5, 0.6) is 0 Å². The largest absolute Gasteiger partial charge is 0.477 e. The fourth-order valence-electron chi connectivity index (χ4n) is 2.96. The number of anilines is 1. The van der Waals surface area contributed by atoms with E-state index in [1.54, 1.807) is 12.3 Å². The molecular formula is C12H14N2O2. The summed E-state index contributed by atoms with van der Waals surface area (Å²) < 4.78 is 0. The summed E-state index contributed by atoms with van der Waals surface area (Å²) in [6.07, 6.45) is 5.43. The first-order chi connectivity index (χ1) is 7.74. The van der Waals surface area contributed by atoms with Gasteiger partial charge < -0.3 is 10.0 Å². The van der Waals surface area contributed by atoms with Gasteiger partial charge in [0, 0.05) is 24.5 Å². The van der Waals surface area contributed by atoms with Gasteiger partial charge in [0.25, 0.3) is 0 Å². The molecule has 2 atom stereocenters. The summed E-state index contributed by atoms with van der Waals surface area (Å²) >= 11 is 0. The van der Waals surface area contributed by atoms with Crippen molar-refractivity contribution in [1.29, 1.82) is 0 Å². The van der Waals surface area contributed by atoms with Gasteiger partial charge in [-0.3, -0.25) is 0 Å². The van der Waals surface area contributed by atoms with Crippen LogP contribution < -0.4 is 4.90 Å². The minimum absolute atomic E-state index is 0.139. The Morgan fingerprint density at radius 2 is 2.38 bits per heavy atom. The third-order valence-corrected chi connectivity index (χ3v) is 3.70. The summed E-state index contributed by atoms with van der Waals surface area (Å²) in [7, 11) is 0. The molecular weight excluding hydrogens is 204 g/mol. The smallest absolute Gasteiger partial charge is 0.354 e. The maximum atomic E-state index is 10.8. The lowest BCUT2D eigenvalue weighted by Crippen LogP contribution is -2.31. The minimum Gasteiger partial charge on any atom is -0.477 e. The van der Waals surface area contributed by atoms with Crippen molar-refractivity contribution >= 4 is 11.7 Å². The Morgan fingerprint density at radius 3 is 3.00 bits per heavy atom. The molecule has 2 heterocycles. The molecule has 0 radical (unpaired) electrons. The molecule has 1 aliphatic carbocycles. The molecule has 1 aromatic rings. The van der Waals surface area contributed by atoms with E-state index in [0.29, 0.717) is 6.04 Å². The number of rotatable bonds is 2. The molecule has 3 rings (SSSR count). The number of hydrogen-bond acceptors (Lipinski definition) is 3. The number of aromatic carboxylic acids is 1. The zero-order valence-corrected chi connectivity index (χ0v) is 8.97. The van der Waals surface area contributed by atoms with Gasteiger partial charge in [-0.15, -0.1) is 0 Å². The molecule has 0 amide bonds. The van der Waals surface area contributed by atoms with E-state index in [-0.39, 0.29) is 5.69 Å². The van der Waals surface area contributed by atoms with Crippen LogP contribution in [-0.2, 0) is 0 Å². The zero-order valence-electron chi connectivity index (χ0n) is 8.97. The molecule has 1 aliphatic heterocycles. The molecule has 4 heteroatoms. The normalized spacial score (nSPS) is 27.4. The van der Waals surface area contributed by atoms with Crippen LogP contribution in [0, 0.1) is 5.92 Å². The summed E-state index contributed by atoms with van der Waals surface area (Å²) in [6, 6.07) is 4.21. The highest BCUT2D eigenvalue weighted by Gasteiger charge is 2.37. The van der Waals surface area contributed by atoms with Crippen molar-refractivity contribution < 1.29 is 9.90 Å². The first-order valence-corrected chi connectivity index (χ1v) is 5.70.